The first kappa shape index (κ1) is 14.0. The summed E-state index contributed by atoms with van der Waals surface area (Å²) < 4.78 is 5.12. The number of oxazole rings is 1. The second kappa shape index (κ2) is 5.73. The lowest BCUT2D eigenvalue weighted by Gasteiger charge is -2.08. The summed E-state index contributed by atoms with van der Waals surface area (Å²) in [6.45, 7) is 5.62. The van der Waals surface area contributed by atoms with Gasteiger partial charge in [0.1, 0.15) is 5.76 Å². The first-order valence-electron chi connectivity index (χ1n) is 6.42. The summed E-state index contributed by atoms with van der Waals surface area (Å²) in [5, 5.41) is 2.73. The predicted molar refractivity (Wildman–Crippen MR) is 73.6 cm³/mol. The molecule has 0 fully saturated rings. The van der Waals surface area contributed by atoms with E-state index in [9.17, 15) is 9.59 Å². The fourth-order valence-electron chi connectivity index (χ4n) is 1.94. The van der Waals surface area contributed by atoms with Crippen molar-refractivity contribution in [1.82, 2.24) is 15.3 Å². The third kappa shape index (κ3) is 2.64. The lowest BCUT2D eigenvalue weighted by Crippen LogP contribution is -2.26. The summed E-state index contributed by atoms with van der Waals surface area (Å²) in [7, 11) is 0. The molecule has 6 heteroatoms. The van der Waals surface area contributed by atoms with Crippen LogP contribution in [0.4, 0.5) is 0 Å². The molecule has 106 valence electrons. The van der Waals surface area contributed by atoms with Gasteiger partial charge in [0.05, 0.1) is 6.54 Å². The Labute approximate surface area is 116 Å². The average molecular weight is 275 g/mol. The van der Waals surface area contributed by atoms with Crippen LogP contribution in [0.25, 0.3) is 0 Å². The standard InChI is InChI=1S/C14H17N3O3/c1-4-11-12(17-7-20-11)14(19)16-6-10-9(3)13(18)8(2)5-15-10/h5,7H,4,6H2,1-3H3,(H,15,18)(H,16,19). The van der Waals surface area contributed by atoms with Crippen molar-refractivity contribution in [3.05, 3.63) is 51.1 Å². The number of hydrogen-bond donors (Lipinski definition) is 2. The Morgan fingerprint density at radius 1 is 1.45 bits per heavy atom. The number of aryl methyl sites for hydroxylation is 2. The summed E-state index contributed by atoms with van der Waals surface area (Å²) in [6, 6.07) is 0. The highest BCUT2D eigenvalue weighted by Crippen LogP contribution is 2.08. The van der Waals surface area contributed by atoms with Gasteiger partial charge in [0.25, 0.3) is 5.91 Å². The molecule has 0 bridgehead atoms. The monoisotopic (exact) mass is 275 g/mol. The second-order valence-corrected chi connectivity index (χ2v) is 4.56. The Kier molecular flexibility index (Phi) is 4.02. The molecule has 2 aromatic heterocycles. The minimum absolute atomic E-state index is 0.0105. The Morgan fingerprint density at radius 2 is 2.20 bits per heavy atom. The lowest BCUT2D eigenvalue weighted by molar-refractivity contribution is 0.0944. The smallest absolute Gasteiger partial charge is 0.273 e. The summed E-state index contributed by atoms with van der Waals surface area (Å²) >= 11 is 0. The van der Waals surface area contributed by atoms with E-state index in [4.69, 9.17) is 4.42 Å². The van der Waals surface area contributed by atoms with Gasteiger partial charge in [0, 0.05) is 29.4 Å². The molecule has 0 saturated carbocycles. The first-order chi connectivity index (χ1) is 9.54. The van der Waals surface area contributed by atoms with Gasteiger partial charge in [-0.1, -0.05) is 6.92 Å². The van der Waals surface area contributed by atoms with Crippen LogP contribution >= 0.6 is 0 Å². The zero-order valence-corrected chi connectivity index (χ0v) is 11.7. The number of nitrogens with one attached hydrogen (secondary N) is 2. The first-order valence-corrected chi connectivity index (χ1v) is 6.42. The van der Waals surface area contributed by atoms with Crippen LogP contribution in [0, 0.1) is 13.8 Å². The van der Waals surface area contributed by atoms with Gasteiger partial charge in [-0.05, 0) is 13.8 Å². The van der Waals surface area contributed by atoms with Crippen LogP contribution in [0.5, 0.6) is 0 Å². The van der Waals surface area contributed by atoms with Crippen molar-refractivity contribution in [3.8, 4) is 0 Å². The maximum atomic E-state index is 12.0. The number of H-pyrrole nitrogens is 1. The Bertz CT molecular complexity index is 685. The van der Waals surface area contributed by atoms with Crippen LogP contribution in [0.1, 0.15) is 40.0 Å². The van der Waals surface area contributed by atoms with Crippen LogP contribution in [-0.2, 0) is 13.0 Å². The van der Waals surface area contributed by atoms with Gasteiger partial charge in [0.15, 0.2) is 17.5 Å². The van der Waals surface area contributed by atoms with E-state index in [2.05, 4.69) is 15.3 Å². The zero-order chi connectivity index (χ0) is 14.7. The van der Waals surface area contributed by atoms with Gasteiger partial charge < -0.3 is 14.7 Å². The van der Waals surface area contributed by atoms with Crippen molar-refractivity contribution < 1.29 is 9.21 Å². The van der Waals surface area contributed by atoms with Crippen LogP contribution in [0.3, 0.4) is 0 Å². The van der Waals surface area contributed by atoms with E-state index in [1.165, 1.54) is 6.39 Å². The number of aromatic nitrogens is 2. The number of carbonyl (C=O) groups is 1. The molecule has 0 radical (unpaired) electrons. The average Bonchev–Trinajstić information content (AvgIpc) is 2.92. The van der Waals surface area contributed by atoms with Gasteiger partial charge in [0.2, 0.25) is 0 Å². The van der Waals surface area contributed by atoms with Gasteiger partial charge in [-0.3, -0.25) is 9.59 Å². The Hall–Kier alpha value is -2.37. The molecule has 2 aromatic rings. The minimum atomic E-state index is -0.309. The van der Waals surface area contributed by atoms with Crippen molar-refractivity contribution in [1.29, 1.82) is 0 Å². The molecule has 0 aromatic carbocycles. The number of carbonyl (C=O) groups excluding carboxylic acids is 1. The van der Waals surface area contributed by atoms with E-state index in [-0.39, 0.29) is 17.9 Å². The van der Waals surface area contributed by atoms with E-state index in [0.717, 1.165) is 0 Å². The molecule has 0 spiro atoms. The quantitative estimate of drug-likeness (QED) is 0.884. The van der Waals surface area contributed by atoms with Crippen LogP contribution < -0.4 is 10.7 Å². The molecule has 0 aliphatic heterocycles. The van der Waals surface area contributed by atoms with Gasteiger partial charge >= 0.3 is 0 Å². The number of nitrogens with zero attached hydrogens (tertiary/aromatic N) is 1. The van der Waals surface area contributed by atoms with E-state index in [1.807, 2.05) is 6.92 Å². The summed E-state index contributed by atoms with van der Waals surface area (Å²) in [6.07, 6.45) is 3.50. The molecule has 20 heavy (non-hydrogen) atoms. The topological polar surface area (TPSA) is 88.0 Å². The molecule has 0 saturated heterocycles. The highest BCUT2D eigenvalue weighted by atomic mass is 16.3. The molecule has 6 nitrogen and oxygen atoms in total. The maximum Gasteiger partial charge on any atom is 0.273 e. The van der Waals surface area contributed by atoms with Crippen molar-refractivity contribution in [2.45, 2.75) is 33.7 Å². The van der Waals surface area contributed by atoms with Gasteiger partial charge in [-0.25, -0.2) is 4.98 Å². The predicted octanol–water partition coefficient (Wildman–Crippen LogP) is 1.47. The number of rotatable bonds is 4. The maximum absolute atomic E-state index is 12.0. The second-order valence-electron chi connectivity index (χ2n) is 4.56. The van der Waals surface area contributed by atoms with Crippen LogP contribution in [0.15, 0.2) is 21.8 Å². The van der Waals surface area contributed by atoms with Crippen molar-refractivity contribution in [3.63, 3.8) is 0 Å². The lowest BCUT2D eigenvalue weighted by atomic mass is 10.1. The largest absolute Gasteiger partial charge is 0.448 e. The zero-order valence-electron chi connectivity index (χ0n) is 11.7. The van der Waals surface area contributed by atoms with Crippen LogP contribution in [0.2, 0.25) is 0 Å². The van der Waals surface area contributed by atoms with Crippen LogP contribution in [-0.4, -0.2) is 15.9 Å². The molecular formula is C14H17N3O3. The van der Waals surface area contributed by atoms with Crippen molar-refractivity contribution in [2.24, 2.45) is 0 Å². The van der Waals surface area contributed by atoms with E-state index in [1.54, 1.807) is 20.0 Å². The molecule has 0 aliphatic carbocycles. The third-order valence-corrected chi connectivity index (χ3v) is 3.22. The molecule has 0 atom stereocenters. The summed E-state index contributed by atoms with van der Waals surface area (Å²) in [4.78, 5) is 30.7. The molecule has 2 heterocycles. The van der Waals surface area contributed by atoms with E-state index < -0.39 is 0 Å². The number of pyridine rings is 1. The van der Waals surface area contributed by atoms with E-state index >= 15 is 0 Å². The fourth-order valence-corrected chi connectivity index (χ4v) is 1.94. The van der Waals surface area contributed by atoms with Gasteiger partial charge in [-0.15, -0.1) is 0 Å². The fraction of sp³-hybridized carbons (Fsp3) is 0.357. The number of aromatic amines is 1. The number of hydrogen-bond acceptors (Lipinski definition) is 4. The Morgan fingerprint density at radius 3 is 2.90 bits per heavy atom. The Balaban J connectivity index is 2.12. The molecule has 1 amide bonds. The van der Waals surface area contributed by atoms with E-state index in [0.29, 0.717) is 34.7 Å². The molecule has 0 unspecified atom stereocenters. The molecule has 2 N–H and O–H groups in total. The number of amides is 1. The van der Waals surface area contributed by atoms with Gasteiger partial charge in [-0.2, -0.15) is 0 Å². The van der Waals surface area contributed by atoms with Crippen molar-refractivity contribution in [2.75, 3.05) is 0 Å². The summed E-state index contributed by atoms with van der Waals surface area (Å²) in [5.74, 6) is 0.244. The summed E-state index contributed by atoms with van der Waals surface area (Å²) in [5.41, 5.74) is 2.24. The molecular weight excluding hydrogens is 258 g/mol. The minimum Gasteiger partial charge on any atom is -0.448 e. The molecule has 2 rings (SSSR count). The SMILES string of the molecule is CCc1ocnc1C(=O)NCc1[nH]cc(C)c(=O)c1C. The van der Waals surface area contributed by atoms with Crippen molar-refractivity contribution >= 4 is 5.91 Å². The normalized spacial score (nSPS) is 10.6. The molecule has 0 aliphatic rings. The highest BCUT2D eigenvalue weighted by Gasteiger charge is 2.15. The highest BCUT2D eigenvalue weighted by molar-refractivity contribution is 5.93. The third-order valence-electron chi connectivity index (χ3n) is 3.22.